The fraction of sp³-hybridized carbons (Fsp3) is 0.278. The van der Waals surface area contributed by atoms with Crippen molar-refractivity contribution >= 4 is 5.91 Å². The minimum atomic E-state index is -0.0297. The molecule has 0 aliphatic carbocycles. The summed E-state index contributed by atoms with van der Waals surface area (Å²) in [5.41, 5.74) is 4.30. The van der Waals surface area contributed by atoms with Crippen molar-refractivity contribution in [3.8, 4) is 0 Å². The van der Waals surface area contributed by atoms with Gasteiger partial charge in [-0.15, -0.1) is 0 Å². The van der Waals surface area contributed by atoms with Gasteiger partial charge in [0.1, 0.15) is 0 Å². The van der Waals surface area contributed by atoms with Crippen molar-refractivity contribution in [2.75, 3.05) is 0 Å². The van der Waals surface area contributed by atoms with E-state index >= 15 is 0 Å². The van der Waals surface area contributed by atoms with Crippen molar-refractivity contribution in [2.24, 2.45) is 0 Å². The second-order valence-corrected chi connectivity index (χ2v) is 5.44. The third-order valence-electron chi connectivity index (χ3n) is 3.41. The number of benzene rings is 2. The van der Waals surface area contributed by atoms with Crippen LogP contribution in [0.1, 0.15) is 46.8 Å². The fourth-order valence-corrected chi connectivity index (χ4v) is 2.01. The van der Waals surface area contributed by atoms with Gasteiger partial charge in [0.05, 0.1) is 0 Å². The van der Waals surface area contributed by atoms with Crippen LogP contribution >= 0.6 is 0 Å². The molecule has 2 aromatic carbocycles. The van der Waals surface area contributed by atoms with E-state index in [4.69, 9.17) is 0 Å². The van der Waals surface area contributed by atoms with Crippen LogP contribution in [0.4, 0.5) is 0 Å². The average molecular weight is 267 g/mol. The first-order chi connectivity index (χ1) is 9.56. The van der Waals surface area contributed by atoms with Crippen molar-refractivity contribution in [1.29, 1.82) is 0 Å². The van der Waals surface area contributed by atoms with Crippen LogP contribution in [-0.2, 0) is 6.54 Å². The van der Waals surface area contributed by atoms with Gasteiger partial charge in [0, 0.05) is 12.1 Å². The molecule has 104 valence electrons. The molecule has 1 N–H and O–H groups in total. The van der Waals surface area contributed by atoms with Crippen molar-refractivity contribution in [3.05, 3.63) is 70.8 Å². The summed E-state index contributed by atoms with van der Waals surface area (Å²) in [5.74, 6) is 0.504. The predicted molar refractivity (Wildman–Crippen MR) is 82.9 cm³/mol. The summed E-state index contributed by atoms with van der Waals surface area (Å²) in [7, 11) is 0. The van der Waals surface area contributed by atoms with Gasteiger partial charge >= 0.3 is 0 Å². The number of carbonyl (C=O) groups excluding carboxylic acids is 1. The van der Waals surface area contributed by atoms with E-state index in [1.807, 2.05) is 31.2 Å². The van der Waals surface area contributed by atoms with Gasteiger partial charge < -0.3 is 5.32 Å². The number of hydrogen-bond donors (Lipinski definition) is 1. The summed E-state index contributed by atoms with van der Waals surface area (Å²) in [6, 6.07) is 16.0. The van der Waals surface area contributed by atoms with Crippen LogP contribution in [0.5, 0.6) is 0 Å². The van der Waals surface area contributed by atoms with Crippen molar-refractivity contribution in [2.45, 2.75) is 33.2 Å². The Bertz CT molecular complexity index is 567. The molecular formula is C18H21NO. The van der Waals surface area contributed by atoms with Crippen LogP contribution in [-0.4, -0.2) is 5.91 Å². The normalized spacial score (nSPS) is 10.6. The molecule has 0 spiro atoms. The lowest BCUT2D eigenvalue weighted by molar-refractivity contribution is 0.0951. The zero-order valence-corrected chi connectivity index (χ0v) is 12.3. The van der Waals surface area contributed by atoms with Gasteiger partial charge in [0.25, 0.3) is 5.91 Å². The first-order valence-electron chi connectivity index (χ1n) is 7.00. The molecule has 0 saturated heterocycles. The fourth-order valence-electron chi connectivity index (χ4n) is 2.01. The quantitative estimate of drug-likeness (QED) is 0.889. The third kappa shape index (κ3) is 3.70. The number of amides is 1. The number of hydrogen-bond acceptors (Lipinski definition) is 1. The minimum Gasteiger partial charge on any atom is -0.348 e. The molecule has 2 heteroatoms. The van der Waals surface area contributed by atoms with Gasteiger partial charge in [0.15, 0.2) is 0 Å². The number of nitrogens with one attached hydrogen (secondary N) is 1. The first-order valence-corrected chi connectivity index (χ1v) is 7.00. The summed E-state index contributed by atoms with van der Waals surface area (Å²) in [4.78, 5) is 12.0. The van der Waals surface area contributed by atoms with Crippen molar-refractivity contribution in [1.82, 2.24) is 5.32 Å². The van der Waals surface area contributed by atoms with E-state index in [2.05, 4.69) is 43.4 Å². The Kier molecular flexibility index (Phi) is 4.57. The molecule has 0 atom stereocenters. The van der Waals surface area contributed by atoms with E-state index < -0.39 is 0 Å². The molecule has 0 bridgehead atoms. The molecule has 0 saturated carbocycles. The second kappa shape index (κ2) is 6.38. The highest BCUT2D eigenvalue weighted by Gasteiger charge is 2.05. The van der Waals surface area contributed by atoms with Crippen LogP contribution < -0.4 is 5.32 Å². The summed E-state index contributed by atoms with van der Waals surface area (Å²) in [6.45, 7) is 6.92. The van der Waals surface area contributed by atoms with Crippen LogP contribution in [0.25, 0.3) is 0 Å². The van der Waals surface area contributed by atoms with E-state index in [0.717, 1.165) is 11.1 Å². The molecule has 20 heavy (non-hydrogen) atoms. The molecular weight excluding hydrogens is 246 g/mol. The van der Waals surface area contributed by atoms with Gasteiger partial charge in [-0.25, -0.2) is 0 Å². The standard InChI is InChI=1S/C18H21NO/c1-13(2)16-10-6-15(7-11-16)12-19-18(20)17-8-4-14(3)5-9-17/h4-11,13H,12H2,1-3H3,(H,19,20). The summed E-state index contributed by atoms with van der Waals surface area (Å²) < 4.78 is 0. The van der Waals surface area contributed by atoms with Crippen molar-refractivity contribution < 1.29 is 4.79 Å². The Hall–Kier alpha value is -2.09. The smallest absolute Gasteiger partial charge is 0.251 e. The first kappa shape index (κ1) is 14.3. The van der Waals surface area contributed by atoms with E-state index in [1.54, 1.807) is 0 Å². The van der Waals surface area contributed by atoms with E-state index in [-0.39, 0.29) is 5.91 Å². The maximum absolute atomic E-state index is 12.0. The molecule has 2 nitrogen and oxygen atoms in total. The largest absolute Gasteiger partial charge is 0.348 e. The average Bonchev–Trinajstić information content (AvgIpc) is 2.46. The Morgan fingerprint density at radius 3 is 2.15 bits per heavy atom. The lowest BCUT2D eigenvalue weighted by Gasteiger charge is -2.08. The van der Waals surface area contributed by atoms with E-state index in [1.165, 1.54) is 5.56 Å². The van der Waals surface area contributed by atoms with Gasteiger partial charge in [-0.3, -0.25) is 4.79 Å². The Balaban J connectivity index is 1.94. The van der Waals surface area contributed by atoms with Gasteiger partial charge in [-0.05, 0) is 36.1 Å². The highest BCUT2D eigenvalue weighted by molar-refractivity contribution is 5.94. The molecule has 0 aliphatic rings. The van der Waals surface area contributed by atoms with E-state index in [0.29, 0.717) is 18.0 Å². The molecule has 1 amide bonds. The highest BCUT2D eigenvalue weighted by Crippen LogP contribution is 2.14. The Morgan fingerprint density at radius 1 is 1.00 bits per heavy atom. The van der Waals surface area contributed by atoms with Gasteiger partial charge in [-0.1, -0.05) is 55.8 Å². The third-order valence-corrected chi connectivity index (χ3v) is 3.41. The molecule has 0 fully saturated rings. The molecule has 0 radical (unpaired) electrons. The topological polar surface area (TPSA) is 29.1 Å². The van der Waals surface area contributed by atoms with Crippen LogP contribution in [0.15, 0.2) is 48.5 Å². The summed E-state index contributed by atoms with van der Waals surface area (Å²) >= 11 is 0. The molecule has 0 unspecified atom stereocenters. The second-order valence-electron chi connectivity index (χ2n) is 5.44. The van der Waals surface area contributed by atoms with Gasteiger partial charge in [0.2, 0.25) is 0 Å². The van der Waals surface area contributed by atoms with Crippen molar-refractivity contribution in [3.63, 3.8) is 0 Å². The molecule has 2 rings (SSSR count). The number of aryl methyl sites for hydroxylation is 1. The SMILES string of the molecule is Cc1ccc(C(=O)NCc2ccc(C(C)C)cc2)cc1. The number of rotatable bonds is 4. The zero-order chi connectivity index (χ0) is 14.5. The highest BCUT2D eigenvalue weighted by atomic mass is 16.1. The maximum Gasteiger partial charge on any atom is 0.251 e. The molecule has 0 heterocycles. The van der Waals surface area contributed by atoms with Gasteiger partial charge in [-0.2, -0.15) is 0 Å². The lowest BCUT2D eigenvalue weighted by atomic mass is 10.0. The lowest BCUT2D eigenvalue weighted by Crippen LogP contribution is -2.22. The molecule has 0 aliphatic heterocycles. The molecule has 0 aromatic heterocycles. The monoisotopic (exact) mass is 267 g/mol. The van der Waals surface area contributed by atoms with Crippen LogP contribution in [0.3, 0.4) is 0 Å². The molecule has 2 aromatic rings. The van der Waals surface area contributed by atoms with Crippen LogP contribution in [0, 0.1) is 6.92 Å². The minimum absolute atomic E-state index is 0.0297. The zero-order valence-electron chi connectivity index (χ0n) is 12.3. The summed E-state index contributed by atoms with van der Waals surface area (Å²) in [6.07, 6.45) is 0. The number of carbonyl (C=O) groups is 1. The van der Waals surface area contributed by atoms with E-state index in [9.17, 15) is 4.79 Å². The maximum atomic E-state index is 12.0. The Morgan fingerprint density at radius 2 is 1.60 bits per heavy atom. The Labute approximate surface area is 120 Å². The van der Waals surface area contributed by atoms with Crippen LogP contribution in [0.2, 0.25) is 0 Å². The summed E-state index contributed by atoms with van der Waals surface area (Å²) in [5, 5.41) is 2.94. The predicted octanol–water partition coefficient (Wildman–Crippen LogP) is 4.05.